The third kappa shape index (κ3) is 3.64. The van der Waals surface area contributed by atoms with E-state index >= 15 is 0 Å². The topological polar surface area (TPSA) is 76.3 Å². The lowest BCUT2D eigenvalue weighted by Crippen LogP contribution is -2.17. The highest BCUT2D eigenvalue weighted by molar-refractivity contribution is 5.92. The molecule has 6 nitrogen and oxygen atoms in total. The largest absolute Gasteiger partial charge is 0.497 e. The van der Waals surface area contributed by atoms with Crippen molar-refractivity contribution < 1.29 is 4.74 Å². The molecule has 0 aliphatic rings. The molecule has 0 amide bonds. The highest BCUT2D eigenvalue weighted by atomic mass is 16.5. The Balaban J connectivity index is 2.08. The normalized spacial score (nSPS) is 10.7. The molecule has 3 N–H and O–H groups in total. The SMILES string of the molecule is COc1ccc(N(C)c2nc(NCCN)nc3ccc(C)cc23)cc1. The molecule has 0 fully saturated rings. The second kappa shape index (κ2) is 7.36. The van der Waals surface area contributed by atoms with Gasteiger partial charge >= 0.3 is 0 Å². The molecule has 6 heteroatoms. The number of ether oxygens (including phenoxy) is 1. The van der Waals surface area contributed by atoms with Crippen molar-refractivity contribution in [2.45, 2.75) is 6.92 Å². The molecule has 0 aliphatic carbocycles. The predicted molar refractivity (Wildman–Crippen MR) is 103 cm³/mol. The van der Waals surface area contributed by atoms with Crippen LogP contribution >= 0.6 is 0 Å². The van der Waals surface area contributed by atoms with E-state index in [4.69, 9.17) is 15.5 Å². The summed E-state index contributed by atoms with van der Waals surface area (Å²) in [5.41, 5.74) is 8.67. The summed E-state index contributed by atoms with van der Waals surface area (Å²) < 4.78 is 5.24. The number of hydrogen-bond donors (Lipinski definition) is 2. The Hall–Kier alpha value is -2.86. The summed E-state index contributed by atoms with van der Waals surface area (Å²) in [6.45, 7) is 3.22. The van der Waals surface area contributed by atoms with Gasteiger partial charge in [0, 0.05) is 31.2 Å². The summed E-state index contributed by atoms with van der Waals surface area (Å²) in [6.07, 6.45) is 0. The Bertz CT molecular complexity index is 864. The predicted octanol–water partition coefficient (Wildman–Crippen LogP) is 3.09. The van der Waals surface area contributed by atoms with Gasteiger partial charge < -0.3 is 20.7 Å². The lowest BCUT2D eigenvalue weighted by Gasteiger charge is -2.21. The number of anilines is 3. The van der Waals surface area contributed by atoms with Crippen LogP contribution in [0.3, 0.4) is 0 Å². The Morgan fingerprint density at radius 1 is 1.12 bits per heavy atom. The van der Waals surface area contributed by atoms with Crippen molar-refractivity contribution in [3.05, 3.63) is 48.0 Å². The maximum atomic E-state index is 5.58. The van der Waals surface area contributed by atoms with Crippen LogP contribution in [-0.4, -0.2) is 37.2 Å². The van der Waals surface area contributed by atoms with Crippen LogP contribution in [-0.2, 0) is 0 Å². The van der Waals surface area contributed by atoms with Gasteiger partial charge in [-0.3, -0.25) is 0 Å². The molecule has 130 valence electrons. The van der Waals surface area contributed by atoms with E-state index in [0.29, 0.717) is 19.0 Å². The second-order valence-electron chi connectivity index (χ2n) is 5.86. The summed E-state index contributed by atoms with van der Waals surface area (Å²) in [5.74, 6) is 2.25. The molecule has 0 atom stereocenters. The fraction of sp³-hybridized carbons (Fsp3) is 0.263. The van der Waals surface area contributed by atoms with Crippen LogP contribution in [0.2, 0.25) is 0 Å². The fourth-order valence-electron chi connectivity index (χ4n) is 2.67. The molecular formula is C19H23N5O. The number of aryl methyl sites for hydroxylation is 1. The molecule has 1 heterocycles. The zero-order valence-electron chi connectivity index (χ0n) is 14.8. The molecule has 0 saturated carbocycles. The van der Waals surface area contributed by atoms with Crippen molar-refractivity contribution in [1.82, 2.24) is 9.97 Å². The highest BCUT2D eigenvalue weighted by Crippen LogP contribution is 2.31. The summed E-state index contributed by atoms with van der Waals surface area (Å²) in [7, 11) is 3.66. The molecule has 0 saturated heterocycles. The first kappa shape index (κ1) is 17.0. The minimum absolute atomic E-state index is 0.527. The van der Waals surface area contributed by atoms with Gasteiger partial charge in [-0.1, -0.05) is 11.6 Å². The minimum Gasteiger partial charge on any atom is -0.497 e. The zero-order valence-corrected chi connectivity index (χ0v) is 14.8. The van der Waals surface area contributed by atoms with Crippen molar-refractivity contribution in [1.29, 1.82) is 0 Å². The quantitative estimate of drug-likeness (QED) is 0.720. The van der Waals surface area contributed by atoms with Gasteiger partial charge in [-0.05, 0) is 43.3 Å². The molecule has 2 aromatic carbocycles. The fourth-order valence-corrected chi connectivity index (χ4v) is 2.67. The first-order chi connectivity index (χ1) is 12.1. The molecule has 25 heavy (non-hydrogen) atoms. The standard InChI is InChI=1S/C19H23N5O/c1-13-4-9-17-16(12-13)18(23-19(22-17)21-11-10-20)24(2)14-5-7-15(25-3)8-6-14/h4-9,12H,10-11,20H2,1-3H3,(H,21,22,23). The Labute approximate surface area is 147 Å². The van der Waals surface area contributed by atoms with Crippen molar-refractivity contribution in [2.75, 3.05) is 37.5 Å². The first-order valence-electron chi connectivity index (χ1n) is 8.22. The monoisotopic (exact) mass is 337 g/mol. The molecule has 0 aliphatic heterocycles. The summed E-state index contributed by atoms with van der Waals surface area (Å²) in [4.78, 5) is 11.4. The van der Waals surface area contributed by atoms with Crippen LogP contribution in [0.5, 0.6) is 5.75 Å². The Kier molecular flexibility index (Phi) is 5.00. The van der Waals surface area contributed by atoms with Crippen molar-refractivity contribution >= 4 is 28.4 Å². The van der Waals surface area contributed by atoms with E-state index in [-0.39, 0.29) is 0 Å². The van der Waals surface area contributed by atoms with E-state index < -0.39 is 0 Å². The van der Waals surface area contributed by atoms with E-state index in [9.17, 15) is 0 Å². The Morgan fingerprint density at radius 2 is 1.88 bits per heavy atom. The summed E-state index contributed by atoms with van der Waals surface area (Å²) >= 11 is 0. The third-order valence-electron chi connectivity index (χ3n) is 4.04. The second-order valence-corrected chi connectivity index (χ2v) is 5.86. The first-order valence-corrected chi connectivity index (χ1v) is 8.22. The molecule has 0 unspecified atom stereocenters. The lowest BCUT2D eigenvalue weighted by atomic mass is 10.1. The van der Waals surface area contributed by atoms with E-state index in [0.717, 1.165) is 28.2 Å². The number of nitrogens with two attached hydrogens (primary N) is 1. The van der Waals surface area contributed by atoms with Gasteiger partial charge in [0.15, 0.2) is 0 Å². The van der Waals surface area contributed by atoms with Crippen molar-refractivity contribution in [3.63, 3.8) is 0 Å². The molecule has 3 aromatic rings. The molecule has 1 aromatic heterocycles. The van der Waals surface area contributed by atoms with E-state index in [2.05, 4.69) is 34.3 Å². The third-order valence-corrected chi connectivity index (χ3v) is 4.04. The van der Waals surface area contributed by atoms with Gasteiger partial charge in [-0.2, -0.15) is 4.98 Å². The Morgan fingerprint density at radius 3 is 2.56 bits per heavy atom. The van der Waals surface area contributed by atoms with Crippen LogP contribution in [0.4, 0.5) is 17.5 Å². The number of nitrogens with zero attached hydrogens (tertiary/aromatic N) is 3. The number of nitrogens with one attached hydrogen (secondary N) is 1. The molecule has 0 radical (unpaired) electrons. The van der Waals surface area contributed by atoms with Crippen LogP contribution in [0.25, 0.3) is 10.9 Å². The number of benzene rings is 2. The maximum absolute atomic E-state index is 5.58. The smallest absolute Gasteiger partial charge is 0.225 e. The minimum atomic E-state index is 0.527. The zero-order chi connectivity index (χ0) is 17.8. The molecule has 3 rings (SSSR count). The van der Waals surface area contributed by atoms with Gasteiger partial charge in [0.05, 0.1) is 12.6 Å². The van der Waals surface area contributed by atoms with Gasteiger partial charge in [0.1, 0.15) is 11.6 Å². The van der Waals surface area contributed by atoms with Crippen LogP contribution in [0.15, 0.2) is 42.5 Å². The number of aromatic nitrogens is 2. The molecular weight excluding hydrogens is 314 g/mol. The van der Waals surface area contributed by atoms with Crippen LogP contribution in [0, 0.1) is 6.92 Å². The van der Waals surface area contributed by atoms with E-state index in [1.807, 2.05) is 37.4 Å². The molecule has 0 bridgehead atoms. The number of hydrogen-bond acceptors (Lipinski definition) is 6. The summed E-state index contributed by atoms with van der Waals surface area (Å²) in [5, 5.41) is 4.18. The van der Waals surface area contributed by atoms with Crippen molar-refractivity contribution in [2.24, 2.45) is 5.73 Å². The number of methoxy groups -OCH3 is 1. The van der Waals surface area contributed by atoms with Gasteiger partial charge in [0.25, 0.3) is 0 Å². The van der Waals surface area contributed by atoms with Gasteiger partial charge in [0.2, 0.25) is 5.95 Å². The molecule has 0 spiro atoms. The average Bonchev–Trinajstić information content (AvgIpc) is 2.65. The maximum Gasteiger partial charge on any atom is 0.225 e. The van der Waals surface area contributed by atoms with Crippen molar-refractivity contribution in [3.8, 4) is 5.75 Å². The summed E-state index contributed by atoms with van der Waals surface area (Å²) in [6, 6.07) is 14.1. The van der Waals surface area contributed by atoms with E-state index in [1.54, 1.807) is 7.11 Å². The average molecular weight is 337 g/mol. The van der Waals surface area contributed by atoms with Crippen LogP contribution in [0.1, 0.15) is 5.56 Å². The number of fused-ring (bicyclic) bond motifs is 1. The van der Waals surface area contributed by atoms with Gasteiger partial charge in [-0.25, -0.2) is 4.98 Å². The van der Waals surface area contributed by atoms with Gasteiger partial charge in [-0.15, -0.1) is 0 Å². The number of rotatable bonds is 6. The highest BCUT2D eigenvalue weighted by Gasteiger charge is 2.13. The van der Waals surface area contributed by atoms with E-state index in [1.165, 1.54) is 5.56 Å². The van der Waals surface area contributed by atoms with Crippen LogP contribution < -0.4 is 20.7 Å². The lowest BCUT2D eigenvalue weighted by molar-refractivity contribution is 0.415.